The first kappa shape index (κ1) is 12.7. The lowest BCUT2D eigenvalue weighted by atomic mass is 10.2. The number of rotatable bonds is 5. The van der Waals surface area contributed by atoms with E-state index in [0.717, 1.165) is 0 Å². The third-order valence-corrected chi connectivity index (χ3v) is 2.36. The fraction of sp³-hybridized carbons (Fsp3) is 0.200. The molecule has 0 spiro atoms. The van der Waals surface area contributed by atoms with Gasteiger partial charge in [0.25, 0.3) is 5.69 Å². The number of benzene rings is 1. The number of hydrogen-bond acceptors (Lipinski definition) is 4. The maximum atomic E-state index is 10.8. The number of nitro benzene ring substituents is 1. The van der Waals surface area contributed by atoms with Gasteiger partial charge >= 0.3 is 0 Å². The lowest BCUT2D eigenvalue weighted by molar-refractivity contribution is -0.384. The van der Waals surface area contributed by atoms with Gasteiger partial charge < -0.3 is 11.1 Å². The minimum absolute atomic E-state index is 0.0514. The van der Waals surface area contributed by atoms with E-state index in [2.05, 4.69) is 21.2 Å². The molecule has 0 bridgehead atoms. The van der Waals surface area contributed by atoms with Crippen molar-refractivity contribution in [2.45, 2.75) is 0 Å². The molecule has 0 saturated heterocycles. The summed E-state index contributed by atoms with van der Waals surface area (Å²) in [7, 11) is 0. The van der Waals surface area contributed by atoms with Crippen molar-refractivity contribution in [3.05, 3.63) is 44.9 Å². The molecule has 3 N–H and O–H groups in total. The first-order valence-corrected chi connectivity index (χ1v) is 5.47. The average Bonchev–Trinajstić information content (AvgIpc) is 2.26. The zero-order valence-electron chi connectivity index (χ0n) is 8.52. The molecule has 0 unspecified atom stereocenters. The first-order valence-electron chi connectivity index (χ1n) is 4.68. The molecule has 0 aromatic heterocycles. The third kappa shape index (κ3) is 3.63. The van der Waals surface area contributed by atoms with E-state index in [-0.39, 0.29) is 5.69 Å². The van der Waals surface area contributed by atoms with Gasteiger partial charge in [-0.1, -0.05) is 28.1 Å². The van der Waals surface area contributed by atoms with Crippen LogP contribution in [0.4, 0.5) is 11.4 Å². The van der Waals surface area contributed by atoms with Gasteiger partial charge in [-0.3, -0.25) is 10.1 Å². The Hall–Kier alpha value is -1.40. The molecule has 0 atom stereocenters. The molecule has 0 saturated carbocycles. The molecule has 5 nitrogen and oxygen atoms in total. The molecule has 16 heavy (non-hydrogen) atoms. The van der Waals surface area contributed by atoms with E-state index in [4.69, 9.17) is 5.73 Å². The number of nitrogens with zero attached hydrogens (tertiary/aromatic N) is 1. The fourth-order valence-electron chi connectivity index (χ4n) is 1.15. The van der Waals surface area contributed by atoms with E-state index in [1.807, 2.05) is 6.08 Å². The SMILES string of the molecule is NC/C=C/CNc1ccc(Br)cc1[N+](=O)[O-]. The lowest BCUT2D eigenvalue weighted by Crippen LogP contribution is -2.03. The fourth-order valence-corrected chi connectivity index (χ4v) is 1.50. The van der Waals surface area contributed by atoms with Crippen LogP contribution in [0.1, 0.15) is 0 Å². The molecule has 1 aromatic carbocycles. The van der Waals surface area contributed by atoms with Gasteiger partial charge in [-0.05, 0) is 12.1 Å². The monoisotopic (exact) mass is 285 g/mol. The highest BCUT2D eigenvalue weighted by molar-refractivity contribution is 9.10. The largest absolute Gasteiger partial charge is 0.376 e. The van der Waals surface area contributed by atoms with Crippen molar-refractivity contribution < 1.29 is 4.92 Å². The van der Waals surface area contributed by atoms with Crippen LogP contribution in [0.15, 0.2) is 34.8 Å². The van der Waals surface area contributed by atoms with E-state index >= 15 is 0 Å². The first-order chi connectivity index (χ1) is 7.65. The molecule has 1 aromatic rings. The van der Waals surface area contributed by atoms with Gasteiger partial charge in [-0.15, -0.1) is 0 Å². The molecule has 1 rings (SSSR count). The van der Waals surface area contributed by atoms with Crippen molar-refractivity contribution in [3.63, 3.8) is 0 Å². The van der Waals surface area contributed by atoms with Crippen molar-refractivity contribution in [2.24, 2.45) is 5.73 Å². The molecule has 0 radical (unpaired) electrons. The molecule has 0 amide bonds. The summed E-state index contributed by atoms with van der Waals surface area (Å²) >= 11 is 3.19. The number of nitrogens with one attached hydrogen (secondary N) is 1. The Morgan fingerprint density at radius 3 is 2.88 bits per heavy atom. The van der Waals surface area contributed by atoms with Crippen LogP contribution in [0.2, 0.25) is 0 Å². The Balaban J connectivity index is 2.78. The van der Waals surface area contributed by atoms with Crippen LogP contribution >= 0.6 is 15.9 Å². The van der Waals surface area contributed by atoms with Crippen LogP contribution < -0.4 is 11.1 Å². The van der Waals surface area contributed by atoms with Crippen molar-refractivity contribution in [2.75, 3.05) is 18.4 Å². The van der Waals surface area contributed by atoms with Crippen molar-refractivity contribution in [3.8, 4) is 0 Å². The second kappa shape index (κ2) is 6.24. The summed E-state index contributed by atoms with van der Waals surface area (Å²) in [5.74, 6) is 0. The summed E-state index contributed by atoms with van der Waals surface area (Å²) < 4.78 is 0.683. The van der Waals surface area contributed by atoms with Gasteiger partial charge in [0.15, 0.2) is 0 Å². The smallest absolute Gasteiger partial charge is 0.293 e. The molecular weight excluding hydrogens is 274 g/mol. The minimum Gasteiger partial charge on any atom is -0.376 e. The van der Waals surface area contributed by atoms with Crippen LogP contribution in [0.25, 0.3) is 0 Å². The molecule has 0 aliphatic carbocycles. The van der Waals surface area contributed by atoms with Gasteiger partial charge in [0, 0.05) is 23.6 Å². The van der Waals surface area contributed by atoms with E-state index in [1.165, 1.54) is 6.07 Å². The summed E-state index contributed by atoms with van der Waals surface area (Å²) in [6.07, 6.45) is 3.61. The second-order valence-electron chi connectivity index (χ2n) is 3.01. The quantitative estimate of drug-likeness (QED) is 0.494. The highest BCUT2D eigenvalue weighted by atomic mass is 79.9. The maximum Gasteiger partial charge on any atom is 0.293 e. The predicted octanol–water partition coefficient (Wildman–Crippen LogP) is 2.28. The molecule has 0 heterocycles. The van der Waals surface area contributed by atoms with Gasteiger partial charge in [-0.2, -0.15) is 0 Å². The Bertz CT molecular complexity index is 407. The van der Waals surface area contributed by atoms with Gasteiger partial charge in [-0.25, -0.2) is 0 Å². The second-order valence-corrected chi connectivity index (χ2v) is 3.92. The van der Waals surface area contributed by atoms with Gasteiger partial charge in [0.05, 0.1) is 4.92 Å². The molecule has 6 heteroatoms. The number of nitro groups is 1. The highest BCUT2D eigenvalue weighted by Gasteiger charge is 2.12. The molecule has 0 fully saturated rings. The summed E-state index contributed by atoms with van der Waals surface area (Å²) in [6.45, 7) is 0.976. The highest BCUT2D eigenvalue weighted by Crippen LogP contribution is 2.27. The number of halogens is 1. The number of anilines is 1. The average molecular weight is 286 g/mol. The molecular formula is C10H12BrN3O2. The predicted molar refractivity (Wildman–Crippen MR) is 67.5 cm³/mol. The summed E-state index contributed by atoms with van der Waals surface area (Å²) in [5, 5.41) is 13.7. The summed E-state index contributed by atoms with van der Waals surface area (Å²) in [4.78, 5) is 10.4. The normalized spacial score (nSPS) is 10.6. The lowest BCUT2D eigenvalue weighted by Gasteiger charge is -2.04. The van der Waals surface area contributed by atoms with Crippen molar-refractivity contribution >= 4 is 27.3 Å². The third-order valence-electron chi connectivity index (χ3n) is 1.87. The summed E-state index contributed by atoms with van der Waals surface area (Å²) in [5.41, 5.74) is 5.82. The number of hydrogen-bond donors (Lipinski definition) is 2. The number of nitrogens with two attached hydrogens (primary N) is 1. The molecule has 0 aliphatic rings. The maximum absolute atomic E-state index is 10.8. The van der Waals surface area contributed by atoms with Crippen LogP contribution in [-0.2, 0) is 0 Å². The van der Waals surface area contributed by atoms with E-state index in [0.29, 0.717) is 23.2 Å². The van der Waals surface area contributed by atoms with Crippen molar-refractivity contribution in [1.82, 2.24) is 0 Å². The van der Waals surface area contributed by atoms with Gasteiger partial charge in [0.2, 0.25) is 0 Å². The van der Waals surface area contributed by atoms with E-state index in [1.54, 1.807) is 18.2 Å². The Morgan fingerprint density at radius 2 is 2.25 bits per heavy atom. The Kier molecular flexibility index (Phi) is 4.94. The molecule has 0 aliphatic heterocycles. The Labute approximate surface area is 102 Å². The van der Waals surface area contributed by atoms with Crippen molar-refractivity contribution in [1.29, 1.82) is 0 Å². The van der Waals surface area contributed by atoms with Crippen LogP contribution in [0.5, 0.6) is 0 Å². The van der Waals surface area contributed by atoms with Gasteiger partial charge in [0.1, 0.15) is 5.69 Å². The standard InChI is InChI=1S/C10H12BrN3O2/c11-8-3-4-9(10(7-8)14(15)16)13-6-2-1-5-12/h1-4,7,13H,5-6,12H2/b2-1+. The Morgan fingerprint density at radius 1 is 1.50 bits per heavy atom. The van der Waals surface area contributed by atoms with Crippen LogP contribution in [0.3, 0.4) is 0 Å². The zero-order valence-corrected chi connectivity index (χ0v) is 10.1. The molecule has 86 valence electrons. The topological polar surface area (TPSA) is 81.2 Å². The summed E-state index contributed by atoms with van der Waals surface area (Å²) in [6, 6.07) is 4.88. The van der Waals surface area contributed by atoms with E-state index in [9.17, 15) is 10.1 Å². The van der Waals surface area contributed by atoms with E-state index < -0.39 is 4.92 Å². The zero-order chi connectivity index (χ0) is 12.0. The van der Waals surface area contributed by atoms with Crippen LogP contribution in [0, 0.1) is 10.1 Å². The minimum atomic E-state index is -0.417. The van der Waals surface area contributed by atoms with Crippen LogP contribution in [-0.4, -0.2) is 18.0 Å².